The fraction of sp³-hybridized carbons (Fsp3) is 0.545. The highest BCUT2D eigenvalue weighted by atomic mass is 32.2. The number of benzene rings is 1. The fourth-order valence-corrected chi connectivity index (χ4v) is 5.89. The standard InChI is InChI=1S/C22H32N2O3S/c1-15-10-16(2)22(17(3)11-15)28(25,26)23-13-20-6-8-24(9-7-20)14-21-12-18(4)27-19(21)5/h10-12,20,23H,6-9,13-14H2,1-5H3. The summed E-state index contributed by atoms with van der Waals surface area (Å²) >= 11 is 0. The Morgan fingerprint density at radius 3 is 2.18 bits per heavy atom. The van der Waals surface area contributed by atoms with E-state index in [0.29, 0.717) is 17.4 Å². The number of hydrogen-bond acceptors (Lipinski definition) is 4. The van der Waals surface area contributed by atoms with Gasteiger partial charge >= 0.3 is 0 Å². The Labute approximate surface area is 169 Å². The van der Waals surface area contributed by atoms with E-state index in [2.05, 4.69) is 15.7 Å². The van der Waals surface area contributed by atoms with Crippen molar-refractivity contribution >= 4 is 10.0 Å². The summed E-state index contributed by atoms with van der Waals surface area (Å²) in [4.78, 5) is 2.86. The smallest absolute Gasteiger partial charge is 0.241 e. The molecule has 28 heavy (non-hydrogen) atoms. The van der Waals surface area contributed by atoms with Crippen LogP contribution < -0.4 is 4.72 Å². The van der Waals surface area contributed by atoms with Gasteiger partial charge in [-0.05, 0) is 83.7 Å². The van der Waals surface area contributed by atoms with Crippen LogP contribution in [0.4, 0.5) is 0 Å². The van der Waals surface area contributed by atoms with Gasteiger partial charge in [-0.25, -0.2) is 13.1 Å². The van der Waals surface area contributed by atoms with Crippen LogP contribution in [0.3, 0.4) is 0 Å². The summed E-state index contributed by atoms with van der Waals surface area (Å²) in [5.74, 6) is 2.33. The molecular formula is C22H32N2O3S. The van der Waals surface area contributed by atoms with Crippen molar-refractivity contribution in [3.05, 3.63) is 52.0 Å². The van der Waals surface area contributed by atoms with Crippen LogP contribution in [0.25, 0.3) is 0 Å². The first-order valence-electron chi connectivity index (χ1n) is 10.0. The summed E-state index contributed by atoms with van der Waals surface area (Å²) < 4.78 is 34.2. The van der Waals surface area contributed by atoms with E-state index in [1.165, 1.54) is 5.56 Å². The highest BCUT2D eigenvalue weighted by Crippen LogP contribution is 2.24. The number of sulfonamides is 1. The molecule has 0 saturated carbocycles. The molecular weight excluding hydrogens is 372 g/mol. The van der Waals surface area contributed by atoms with E-state index in [0.717, 1.165) is 60.7 Å². The largest absolute Gasteiger partial charge is 0.466 e. The zero-order valence-corrected chi connectivity index (χ0v) is 18.4. The number of nitrogens with one attached hydrogen (secondary N) is 1. The minimum Gasteiger partial charge on any atom is -0.466 e. The third kappa shape index (κ3) is 4.85. The number of rotatable bonds is 6. The maximum Gasteiger partial charge on any atom is 0.241 e. The molecule has 2 heterocycles. The minimum absolute atomic E-state index is 0.379. The summed E-state index contributed by atoms with van der Waals surface area (Å²) in [6, 6.07) is 5.97. The molecule has 1 aromatic carbocycles. The van der Waals surface area contributed by atoms with Gasteiger partial charge in [-0.2, -0.15) is 0 Å². The molecule has 5 nitrogen and oxygen atoms in total. The second-order valence-electron chi connectivity index (χ2n) is 8.24. The third-order valence-corrected chi connectivity index (χ3v) is 7.41. The zero-order chi connectivity index (χ0) is 20.5. The SMILES string of the molecule is Cc1cc(C)c(S(=O)(=O)NCC2CCN(Cc3cc(C)oc3C)CC2)c(C)c1. The van der Waals surface area contributed by atoms with Crippen LogP contribution in [-0.4, -0.2) is 33.0 Å². The first-order valence-corrected chi connectivity index (χ1v) is 11.5. The number of piperidine rings is 1. The first-order chi connectivity index (χ1) is 13.2. The van der Waals surface area contributed by atoms with Crippen molar-refractivity contribution in [2.45, 2.75) is 58.9 Å². The van der Waals surface area contributed by atoms with Crippen LogP contribution in [0, 0.1) is 40.5 Å². The first kappa shape index (κ1) is 21.1. The van der Waals surface area contributed by atoms with Crippen LogP contribution in [0.15, 0.2) is 27.5 Å². The van der Waals surface area contributed by atoms with Crippen molar-refractivity contribution in [2.24, 2.45) is 5.92 Å². The second kappa shape index (κ2) is 8.39. The minimum atomic E-state index is -3.48. The van der Waals surface area contributed by atoms with Gasteiger partial charge in [0.15, 0.2) is 0 Å². The monoisotopic (exact) mass is 404 g/mol. The predicted octanol–water partition coefficient (Wildman–Crippen LogP) is 4.01. The number of likely N-dealkylation sites (tertiary alicyclic amines) is 1. The molecule has 1 fully saturated rings. The Kier molecular flexibility index (Phi) is 6.32. The van der Waals surface area contributed by atoms with Gasteiger partial charge in [0.05, 0.1) is 4.90 Å². The third-order valence-electron chi connectivity index (χ3n) is 5.68. The number of furan rings is 1. The van der Waals surface area contributed by atoms with Crippen LogP contribution in [-0.2, 0) is 16.6 Å². The molecule has 2 aromatic rings. The van der Waals surface area contributed by atoms with Crippen molar-refractivity contribution in [1.82, 2.24) is 9.62 Å². The lowest BCUT2D eigenvalue weighted by Crippen LogP contribution is -2.38. The molecule has 0 aliphatic carbocycles. The summed E-state index contributed by atoms with van der Waals surface area (Å²) in [5.41, 5.74) is 3.96. The molecule has 1 saturated heterocycles. The van der Waals surface area contributed by atoms with Gasteiger partial charge in [0.1, 0.15) is 11.5 Å². The lowest BCUT2D eigenvalue weighted by Gasteiger charge is -2.32. The van der Waals surface area contributed by atoms with Gasteiger partial charge in [0.25, 0.3) is 0 Å². The van der Waals surface area contributed by atoms with Crippen molar-refractivity contribution in [1.29, 1.82) is 0 Å². The van der Waals surface area contributed by atoms with Crippen LogP contribution in [0.1, 0.15) is 46.6 Å². The number of hydrogen-bond donors (Lipinski definition) is 1. The fourth-order valence-electron chi connectivity index (χ4n) is 4.32. The maximum atomic E-state index is 12.8. The molecule has 0 radical (unpaired) electrons. The molecule has 0 atom stereocenters. The summed E-state index contributed by atoms with van der Waals surface area (Å²) in [7, 11) is -3.48. The average molecular weight is 405 g/mol. The molecule has 3 rings (SSSR count). The van der Waals surface area contributed by atoms with Gasteiger partial charge in [-0.1, -0.05) is 17.7 Å². The van der Waals surface area contributed by atoms with Crippen molar-refractivity contribution in [3.63, 3.8) is 0 Å². The Morgan fingerprint density at radius 2 is 1.64 bits per heavy atom. The number of nitrogens with zero attached hydrogens (tertiary/aromatic N) is 1. The molecule has 1 aliphatic rings. The Hall–Kier alpha value is -1.63. The second-order valence-corrected chi connectivity index (χ2v) is 9.94. The maximum absolute atomic E-state index is 12.8. The van der Waals surface area contributed by atoms with Crippen LogP contribution >= 0.6 is 0 Å². The molecule has 154 valence electrons. The van der Waals surface area contributed by atoms with Crippen molar-refractivity contribution in [2.75, 3.05) is 19.6 Å². The normalized spacial score (nSPS) is 16.6. The van der Waals surface area contributed by atoms with Gasteiger partial charge < -0.3 is 4.42 Å². The molecule has 1 aromatic heterocycles. The van der Waals surface area contributed by atoms with E-state index in [1.54, 1.807) is 0 Å². The quantitative estimate of drug-likeness (QED) is 0.790. The highest BCUT2D eigenvalue weighted by Gasteiger charge is 2.24. The zero-order valence-electron chi connectivity index (χ0n) is 17.6. The average Bonchev–Trinajstić information content (AvgIpc) is 2.90. The lowest BCUT2D eigenvalue weighted by atomic mass is 9.97. The molecule has 0 spiro atoms. The summed E-state index contributed by atoms with van der Waals surface area (Å²) in [6.07, 6.45) is 2.01. The van der Waals surface area contributed by atoms with E-state index < -0.39 is 10.0 Å². The van der Waals surface area contributed by atoms with Crippen molar-refractivity contribution in [3.8, 4) is 0 Å². The van der Waals surface area contributed by atoms with Gasteiger partial charge in [-0.15, -0.1) is 0 Å². The highest BCUT2D eigenvalue weighted by molar-refractivity contribution is 7.89. The summed E-state index contributed by atoms with van der Waals surface area (Å²) in [6.45, 7) is 13.1. The molecule has 6 heteroatoms. The van der Waals surface area contributed by atoms with Crippen LogP contribution in [0.2, 0.25) is 0 Å². The molecule has 1 N–H and O–H groups in total. The van der Waals surface area contributed by atoms with Crippen molar-refractivity contribution < 1.29 is 12.8 Å². The summed E-state index contributed by atoms with van der Waals surface area (Å²) in [5, 5.41) is 0. The molecule has 0 unspecified atom stereocenters. The Morgan fingerprint density at radius 1 is 1.04 bits per heavy atom. The van der Waals surface area contributed by atoms with E-state index in [-0.39, 0.29) is 0 Å². The van der Waals surface area contributed by atoms with E-state index in [1.807, 2.05) is 46.8 Å². The van der Waals surface area contributed by atoms with Gasteiger partial charge in [-0.3, -0.25) is 4.90 Å². The predicted molar refractivity (Wildman–Crippen MR) is 112 cm³/mol. The molecule has 1 aliphatic heterocycles. The van der Waals surface area contributed by atoms with E-state index in [4.69, 9.17) is 4.42 Å². The number of aryl methyl sites for hydroxylation is 5. The van der Waals surface area contributed by atoms with Gasteiger partial charge in [0.2, 0.25) is 10.0 Å². The molecule has 0 amide bonds. The van der Waals surface area contributed by atoms with E-state index in [9.17, 15) is 8.42 Å². The molecule has 0 bridgehead atoms. The Bertz CT molecular complexity index is 916. The topological polar surface area (TPSA) is 62.6 Å². The lowest BCUT2D eigenvalue weighted by molar-refractivity contribution is 0.178. The van der Waals surface area contributed by atoms with Crippen LogP contribution in [0.5, 0.6) is 0 Å². The van der Waals surface area contributed by atoms with Gasteiger partial charge in [0, 0.05) is 18.7 Å². The Balaban J connectivity index is 1.54. The van der Waals surface area contributed by atoms with E-state index >= 15 is 0 Å².